The molecule has 4 nitrogen and oxygen atoms in total. The average molecular weight is 287 g/mol. The van der Waals surface area contributed by atoms with Gasteiger partial charge in [0.1, 0.15) is 29.6 Å². The van der Waals surface area contributed by atoms with E-state index in [1.54, 1.807) is 12.1 Å². The molecule has 2 aromatic rings. The minimum Gasteiger partial charge on any atom is -0.486 e. The third kappa shape index (κ3) is 4.20. The molecule has 1 aromatic heterocycles. The first-order valence-corrected chi connectivity index (χ1v) is 5.72. The first kappa shape index (κ1) is 14.3. The Morgan fingerprint density at radius 3 is 2.10 bits per heavy atom. The maximum absolute atomic E-state index is 12.0. The zero-order valence-electron chi connectivity index (χ0n) is 10.3. The van der Waals surface area contributed by atoms with Gasteiger partial charge in [-0.2, -0.15) is 0 Å². The second-order valence-corrected chi connectivity index (χ2v) is 3.88. The van der Waals surface area contributed by atoms with Crippen LogP contribution in [0.5, 0.6) is 11.5 Å². The Morgan fingerprint density at radius 2 is 1.55 bits per heavy atom. The van der Waals surface area contributed by atoms with Crippen molar-refractivity contribution in [2.75, 3.05) is 0 Å². The Hall–Kier alpha value is -2.15. The fourth-order valence-electron chi connectivity index (χ4n) is 1.50. The lowest BCUT2D eigenvalue weighted by molar-refractivity contribution is -0.274. The third-order valence-electron chi connectivity index (χ3n) is 2.36. The van der Waals surface area contributed by atoms with Gasteiger partial charge in [-0.3, -0.25) is 0 Å². The van der Waals surface area contributed by atoms with Crippen molar-refractivity contribution in [3.63, 3.8) is 0 Å². The summed E-state index contributed by atoms with van der Waals surface area (Å²) in [7, 11) is 0. The van der Waals surface area contributed by atoms with E-state index < -0.39 is 6.36 Å². The highest BCUT2D eigenvalue weighted by Gasteiger charge is 2.30. The molecule has 0 aliphatic carbocycles. The van der Waals surface area contributed by atoms with Gasteiger partial charge in [0, 0.05) is 0 Å². The smallest absolute Gasteiger partial charge is 0.486 e. The van der Waals surface area contributed by atoms with Crippen molar-refractivity contribution >= 4 is 0 Å². The Bertz CT molecular complexity index is 549. The van der Waals surface area contributed by atoms with Gasteiger partial charge in [-0.15, -0.1) is 13.2 Å². The largest absolute Gasteiger partial charge is 0.573 e. The van der Waals surface area contributed by atoms with E-state index in [1.165, 1.54) is 24.3 Å². The molecule has 108 valence electrons. The normalized spacial score (nSPS) is 11.4. The van der Waals surface area contributed by atoms with Crippen molar-refractivity contribution in [2.45, 2.75) is 19.5 Å². The van der Waals surface area contributed by atoms with Gasteiger partial charge in [0.05, 0.1) is 6.54 Å². The molecule has 0 saturated carbocycles. The molecule has 0 aliphatic heterocycles. The lowest BCUT2D eigenvalue weighted by Gasteiger charge is -2.09. The van der Waals surface area contributed by atoms with Gasteiger partial charge in [-0.05, 0) is 36.4 Å². The first-order chi connectivity index (χ1) is 9.46. The van der Waals surface area contributed by atoms with Crippen LogP contribution in [0.3, 0.4) is 0 Å². The molecule has 0 aliphatic rings. The van der Waals surface area contributed by atoms with Crippen molar-refractivity contribution in [2.24, 2.45) is 5.73 Å². The minimum absolute atomic E-state index is 0.166. The summed E-state index contributed by atoms with van der Waals surface area (Å²) in [6.45, 7) is 0.461. The van der Waals surface area contributed by atoms with Gasteiger partial charge in [0.15, 0.2) is 0 Å². The maximum Gasteiger partial charge on any atom is 0.573 e. The van der Waals surface area contributed by atoms with E-state index in [0.29, 0.717) is 23.8 Å². The number of nitrogens with two attached hydrogens (primary N) is 1. The monoisotopic (exact) mass is 287 g/mol. The maximum atomic E-state index is 12.0. The zero-order valence-corrected chi connectivity index (χ0v) is 10.3. The number of benzene rings is 1. The topological polar surface area (TPSA) is 57.6 Å². The number of halogens is 3. The number of ether oxygens (including phenoxy) is 2. The highest BCUT2D eigenvalue weighted by Crippen LogP contribution is 2.25. The number of hydrogen-bond acceptors (Lipinski definition) is 4. The third-order valence-corrected chi connectivity index (χ3v) is 2.36. The molecule has 0 unspecified atom stereocenters. The Morgan fingerprint density at radius 1 is 0.950 bits per heavy atom. The van der Waals surface area contributed by atoms with Crippen LogP contribution in [-0.2, 0) is 13.2 Å². The summed E-state index contributed by atoms with van der Waals surface area (Å²) in [5, 5.41) is 0. The molecule has 2 N–H and O–H groups in total. The minimum atomic E-state index is -4.70. The average Bonchev–Trinajstić information content (AvgIpc) is 2.84. The van der Waals surface area contributed by atoms with Crippen LogP contribution < -0.4 is 15.2 Å². The molecular formula is C13H12F3NO3. The van der Waals surface area contributed by atoms with Crippen molar-refractivity contribution in [1.29, 1.82) is 0 Å². The molecular weight excluding hydrogens is 275 g/mol. The van der Waals surface area contributed by atoms with E-state index in [-0.39, 0.29) is 12.4 Å². The van der Waals surface area contributed by atoms with E-state index >= 15 is 0 Å². The van der Waals surface area contributed by atoms with Crippen molar-refractivity contribution in [1.82, 2.24) is 0 Å². The van der Waals surface area contributed by atoms with Crippen LogP contribution in [0.2, 0.25) is 0 Å². The van der Waals surface area contributed by atoms with Gasteiger partial charge < -0.3 is 19.6 Å². The Balaban J connectivity index is 1.90. The van der Waals surface area contributed by atoms with E-state index in [1.807, 2.05) is 0 Å². The van der Waals surface area contributed by atoms with Crippen LogP contribution in [-0.4, -0.2) is 6.36 Å². The zero-order chi connectivity index (χ0) is 14.6. The first-order valence-electron chi connectivity index (χ1n) is 5.72. The molecule has 7 heteroatoms. The summed E-state index contributed by atoms with van der Waals surface area (Å²) in [5.74, 6) is 1.33. The van der Waals surface area contributed by atoms with Crippen molar-refractivity contribution in [3.8, 4) is 11.5 Å². The summed E-state index contributed by atoms with van der Waals surface area (Å²) >= 11 is 0. The van der Waals surface area contributed by atoms with Crippen LogP contribution in [0, 0.1) is 0 Å². The molecule has 0 radical (unpaired) electrons. The number of alkyl halides is 3. The molecule has 1 aromatic carbocycles. The van der Waals surface area contributed by atoms with Crippen LogP contribution in [0.15, 0.2) is 40.8 Å². The molecule has 20 heavy (non-hydrogen) atoms. The fraction of sp³-hybridized carbons (Fsp3) is 0.231. The van der Waals surface area contributed by atoms with Gasteiger partial charge in [-0.25, -0.2) is 0 Å². The second kappa shape index (κ2) is 5.87. The molecule has 0 fully saturated rings. The molecule has 0 amide bonds. The Labute approximate surface area is 112 Å². The van der Waals surface area contributed by atoms with E-state index in [0.717, 1.165) is 0 Å². The van der Waals surface area contributed by atoms with E-state index in [4.69, 9.17) is 14.9 Å². The quantitative estimate of drug-likeness (QED) is 0.917. The van der Waals surface area contributed by atoms with Gasteiger partial charge in [0.25, 0.3) is 0 Å². The summed E-state index contributed by atoms with van der Waals surface area (Å²) < 4.78 is 50.3. The lowest BCUT2D eigenvalue weighted by atomic mass is 10.3. The predicted octanol–water partition coefficient (Wildman–Crippen LogP) is 3.22. The lowest BCUT2D eigenvalue weighted by Crippen LogP contribution is -2.16. The summed E-state index contributed by atoms with van der Waals surface area (Å²) in [5.41, 5.74) is 5.40. The van der Waals surface area contributed by atoms with E-state index in [9.17, 15) is 13.2 Å². The number of hydrogen-bond donors (Lipinski definition) is 1. The van der Waals surface area contributed by atoms with Gasteiger partial charge in [0.2, 0.25) is 0 Å². The highest BCUT2D eigenvalue weighted by molar-refractivity contribution is 5.31. The summed E-state index contributed by atoms with van der Waals surface area (Å²) in [4.78, 5) is 0. The van der Waals surface area contributed by atoms with Gasteiger partial charge in [-0.1, -0.05) is 0 Å². The standard InChI is InChI=1S/C13H12F3NO3/c14-13(15,16)20-10-3-1-9(2-4-10)18-8-12-6-5-11(7-17)19-12/h1-6H,7-8,17H2. The second-order valence-electron chi connectivity index (χ2n) is 3.88. The Kier molecular flexibility index (Phi) is 4.19. The van der Waals surface area contributed by atoms with E-state index in [2.05, 4.69) is 4.74 Å². The molecule has 0 atom stereocenters. The van der Waals surface area contributed by atoms with Crippen LogP contribution >= 0.6 is 0 Å². The summed E-state index contributed by atoms with van der Waals surface area (Å²) in [6, 6.07) is 8.58. The highest BCUT2D eigenvalue weighted by atomic mass is 19.4. The molecule has 2 rings (SSSR count). The SMILES string of the molecule is NCc1ccc(COc2ccc(OC(F)(F)F)cc2)o1. The fourth-order valence-corrected chi connectivity index (χ4v) is 1.50. The number of furan rings is 1. The van der Waals surface area contributed by atoms with Crippen LogP contribution in [0.4, 0.5) is 13.2 Å². The predicted molar refractivity (Wildman–Crippen MR) is 64.1 cm³/mol. The molecule has 0 saturated heterocycles. The van der Waals surface area contributed by atoms with Crippen molar-refractivity contribution in [3.05, 3.63) is 47.9 Å². The molecule has 0 bridgehead atoms. The van der Waals surface area contributed by atoms with Crippen LogP contribution in [0.25, 0.3) is 0 Å². The summed E-state index contributed by atoms with van der Waals surface area (Å²) in [6.07, 6.45) is -4.70. The molecule has 1 heterocycles. The molecule has 0 spiro atoms. The number of rotatable bonds is 5. The van der Waals surface area contributed by atoms with Crippen molar-refractivity contribution < 1.29 is 27.1 Å². The van der Waals surface area contributed by atoms with Crippen LogP contribution in [0.1, 0.15) is 11.5 Å². The van der Waals surface area contributed by atoms with Gasteiger partial charge >= 0.3 is 6.36 Å².